The van der Waals surface area contributed by atoms with Crippen LogP contribution in [0, 0.1) is 5.41 Å². The summed E-state index contributed by atoms with van der Waals surface area (Å²) in [4.78, 5) is 38.9. The molecule has 0 aromatic heterocycles. The number of carbonyl (C=O) groups is 3. The standard InChI is InChI=1S/C32H59N3O5/c1-4-5-6-7-8-9-10-11-12-13-14-15-16-17-18-21-28(37)34-27-20-19-24-35(25-27)29(38)22-23-33-31(40)30(39)32(2,3)26-36/h11-12,27,30,36,39H,4-10,13-26H2,1-3H3,(H,33,40)(H,34,37)/b12-11+. The van der Waals surface area contributed by atoms with Crippen molar-refractivity contribution in [2.24, 2.45) is 5.41 Å². The molecule has 8 heteroatoms. The van der Waals surface area contributed by atoms with Gasteiger partial charge < -0.3 is 25.7 Å². The average Bonchev–Trinajstić information content (AvgIpc) is 2.94. The molecule has 0 spiro atoms. The minimum absolute atomic E-state index is 0.0323. The lowest BCUT2D eigenvalue weighted by molar-refractivity contribution is -0.137. The van der Waals surface area contributed by atoms with Crippen LogP contribution in [0.3, 0.4) is 0 Å². The Kier molecular flexibility index (Phi) is 19.6. The quantitative estimate of drug-likeness (QED) is 0.109. The van der Waals surface area contributed by atoms with Gasteiger partial charge >= 0.3 is 0 Å². The molecular formula is C32H59N3O5. The number of unbranched alkanes of at least 4 members (excludes halogenated alkanes) is 11. The van der Waals surface area contributed by atoms with Crippen molar-refractivity contribution >= 4 is 17.7 Å². The summed E-state index contributed by atoms with van der Waals surface area (Å²) in [6, 6.07) is -0.0323. The summed E-state index contributed by atoms with van der Waals surface area (Å²) in [7, 11) is 0. The number of carbonyl (C=O) groups excluding carboxylic acids is 3. The minimum atomic E-state index is -1.34. The monoisotopic (exact) mass is 565 g/mol. The van der Waals surface area contributed by atoms with E-state index in [0.29, 0.717) is 19.5 Å². The van der Waals surface area contributed by atoms with E-state index < -0.39 is 17.4 Å². The van der Waals surface area contributed by atoms with Gasteiger partial charge in [-0.05, 0) is 44.9 Å². The summed E-state index contributed by atoms with van der Waals surface area (Å²) in [6.45, 7) is 6.39. The lowest BCUT2D eigenvalue weighted by Crippen LogP contribution is -2.50. The van der Waals surface area contributed by atoms with Gasteiger partial charge in [-0.2, -0.15) is 0 Å². The zero-order chi connectivity index (χ0) is 29.6. The number of aliphatic hydroxyl groups excluding tert-OH is 2. The van der Waals surface area contributed by atoms with E-state index >= 15 is 0 Å². The van der Waals surface area contributed by atoms with E-state index in [2.05, 4.69) is 29.7 Å². The Morgan fingerprint density at radius 2 is 1.52 bits per heavy atom. The summed E-state index contributed by atoms with van der Waals surface area (Å²) >= 11 is 0. The molecule has 0 saturated carbocycles. The Morgan fingerprint density at radius 1 is 0.925 bits per heavy atom. The molecule has 4 N–H and O–H groups in total. The van der Waals surface area contributed by atoms with Gasteiger partial charge in [0.05, 0.1) is 6.61 Å². The highest BCUT2D eigenvalue weighted by Gasteiger charge is 2.33. The number of nitrogens with one attached hydrogen (secondary N) is 2. The topological polar surface area (TPSA) is 119 Å². The molecule has 0 radical (unpaired) electrons. The van der Waals surface area contributed by atoms with Gasteiger partial charge in [0.25, 0.3) is 0 Å². The van der Waals surface area contributed by atoms with Crippen LogP contribution in [0.2, 0.25) is 0 Å². The van der Waals surface area contributed by atoms with Crippen molar-refractivity contribution in [1.29, 1.82) is 0 Å². The van der Waals surface area contributed by atoms with Crippen LogP contribution >= 0.6 is 0 Å². The van der Waals surface area contributed by atoms with Crippen LogP contribution in [0.1, 0.15) is 130 Å². The summed E-state index contributed by atoms with van der Waals surface area (Å²) in [5.74, 6) is -0.608. The fraction of sp³-hybridized carbons (Fsp3) is 0.844. The number of allylic oxidation sites excluding steroid dienone is 2. The van der Waals surface area contributed by atoms with Crippen molar-refractivity contribution in [3.63, 3.8) is 0 Å². The van der Waals surface area contributed by atoms with E-state index in [-0.39, 0.29) is 37.4 Å². The van der Waals surface area contributed by atoms with Gasteiger partial charge in [-0.15, -0.1) is 0 Å². The highest BCUT2D eigenvalue weighted by molar-refractivity contribution is 5.82. The summed E-state index contributed by atoms with van der Waals surface area (Å²) in [5, 5.41) is 25.0. The summed E-state index contributed by atoms with van der Waals surface area (Å²) < 4.78 is 0. The summed E-state index contributed by atoms with van der Waals surface area (Å²) in [5.41, 5.74) is -0.948. The first-order valence-corrected chi connectivity index (χ1v) is 16.0. The van der Waals surface area contributed by atoms with Gasteiger partial charge in [0.15, 0.2) is 0 Å². The largest absolute Gasteiger partial charge is 0.396 e. The van der Waals surface area contributed by atoms with Crippen molar-refractivity contribution < 1.29 is 24.6 Å². The van der Waals surface area contributed by atoms with E-state index in [1.165, 1.54) is 57.8 Å². The van der Waals surface area contributed by atoms with E-state index in [9.17, 15) is 24.6 Å². The molecule has 1 aliphatic heterocycles. The molecular weight excluding hydrogens is 506 g/mol. The van der Waals surface area contributed by atoms with Crippen LogP contribution < -0.4 is 10.6 Å². The molecule has 1 rings (SSSR count). The molecule has 3 amide bonds. The molecule has 2 unspecified atom stereocenters. The molecule has 0 aromatic carbocycles. The van der Waals surface area contributed by atoms with Crippen molar-refractivity contribution in [1.82, 2.24) is 15.5 Å². The Morgan fingerprint density at radius 3 is 2.15 bits per heavy atom. The first-order chi connectivity index (χ1) is 19.2. The smallest absolute Gasteiger partial charge is 0.249 e. The number of piperidine rings is 1. The number of rotatable bonds is 22. The molecule has 1 fully saturated rings. The van der Waals surface area contributed by atoms with E-state index in [1.807, 2.05) is 0 Å². The SMILES string of the molecule is CCCCCCCC/C=C/CCCCCCCC(=O)NC1CCCN(C(=O)CCNC(=O)C(O)C(C)(C)CO)C1. The maximum atomic E-state index is 12.6. The van der Waals surface area contributed by atoms with Crippen LogP contribution in [0.25, 0.3) is 0 Å². The Hall–Kier alpha value is -1.93. The third-order valence-electron chi connectivity index (χ3n) is 7.84. The number of nitrogens with zero attached hydrogens (tertiary/aromatic N) is 1. The molecule has 232 valence electrons. The van der Waals surface area contributed by atoms with Crippen LogP contribution in [0.4, 0.5) is 0 Å². The van der Waals surface area contributed by atoms with Crippen molar-refractivity contribution in [2.45, 2.75) is 142 Å². The number of amides is 3. The van der Waals surface area contributed by atoms with Gasteiger partial charge in [0.2, 0.25) is 17.7 Å². The first-order valence-electron chi connectivity index (χ1n) is 16.0. The van der Waals surface area contributed by atoms with Gasteiger partial charge in [0, 0.05) is 43.9 Å². The highest BCUT2D eigenvalue weighted by Crippen LogP contribution is 2.19. The van der Waals surface area contributed by atoms with Crippen LogP contribution in [-0.4, -0.2) is 71.2 Å². The fourth-order valence-corrected chi connectivity index (χ4v) is 4.97. The molecule has 1 aliphatic rings. The maximum Gasteiger partial charge on any atom is 0.249 e. The lowest BCUT2D eigenvalue weighted by Gasteiger charge is -2.33. The van der Waals surface area contributed by atoms with E-state index in [4.69, 9.17) is 0 Å². The van der Waals surface area contributed by atoms with Gasteiger partial charge in [-0.25, -0.2) is 0 Å². The Bertz CT molecular complexity index is 740. The lowest BCUT2D eigenvalue weighted by atomic mass is 9.87. The second-order valence-corrected chi connectivity index (χ2v) is 12.2. The Balaban J connectivity index is 2.09. The van der Waals surface area contributed by atoms with Gasteiger partial charge in [-0.1, -0.05) is 84.3 Å². The van der Waals surface area contributed by atoms with Crippen LogP contribution in [0.15, 0.2) is 12.2 Å². The zero-order valence-electron chi connectivity index (χ0n) is 25.7. The summed E-state index contributed by atoms with van der Waals surface area (Å²) in [6.07, 6.45) is 21.7. The Labute approximate surface area is 243 Å². The molecule has 2 atom stereocenters. The number of aliphatic hydroxyl groups is 2. The fourth-order valence-electron chi connectivity index (χ4n) is 4.97. The third kappa shape index (κ3) is 16.4. The van der Waals surface area contributed by atoms with Crippen LogP contribution in [-0.2, 0) is 14.4 Å². The number of hydrogen-bond donors (Lipinski definition) is 4. The second-order valence-electron chi connectivity index (χ2n) is 12.2. The average molecular weight is 566 g/mol. The molecule has 0 aliphatic carbocycles. The molecule has 0 aromatic rings. The van der Waals surface area contributed by atoms with E-state index in [0.717, 1.165) is 38.5 Å². The van der Waals surface area contributed by atoms with Crippen molar-refractivity contribution in [3.05, 3.63) is 12.2 Å². The minimum Gasteiger partial charge on any atom is -0.396 e. The third-order valence-corrected chi connectivity index (χ3v) is 7.84. The predicted molar refractivity (Wildman–Crippen MR) is 162 cm³/mol. The maximum absolute atomic E-state index is 12.6. The normalized spacial score (nSPS) is 16.7. The molecule has 1 saturated heterocycles. The van der Waals surface area contributed by atoms with Gasteiger partial charge in [-0.3, -0.25) is 14.4 Å². The second kappa shape index (κ2) is 21.8. The van der Waals surface area contributed by atoms with Crippen LogP contribution in [0.5, 0.6) is 0 Å². The van der Waals surface area contributed by atoms with Gasteiger partial charge in [0.1, 0.15) is 6.10 Å². The molecule has 8 nitrogen and oxygen atoms in total. The number of hydrogen-bond acceptors (Lipinski definition) is 5. The zero-order valence-corrected chi connectivity index (χ0v) is 25.7. The predicted octanol–water partition coefficient (Wildman–Crippen LogP) is 5.02. The van der Waals surface area contributed by atoms with Crippen molar-refractivity contribution in [2.75, 3.05) is 26.2 Å². The van der Waals surface area contributed by atoms with E-state index in [1.54, 1.807) is 18.7 Å². The number of likely N-dealkylation sites (tertiary alicyclic amines) is 1. The first kappa shape index (κ1) is 36.1. The molecule has 0 bridgehead atoms. The highest BCUT2D eigenvalue weighted by atomic mass is 16.3. The van der Waals surface area contributed by atoms with Crippen molar-refractivity contribution in [3.8, 4) is 0 Å². The molecule has 40 heavy (non-hydrogen) atoms. The molecule has 1 heterocycles.